The lowest BCUT2D eigenvalue weighted by molar-refractivity contribution is -0.384. The molecule has 2 aromatic carbocycles. The molecule has 0 atom stereocenters. The van der Waals surface area contributed by atoms with E-state index in [4.69, 9.17) is 10.2 Å². The second kappa shape index (κ2) is 5.23. The zero-order chi connectivity index (χ0) is 15.9. The maximum atomic E-state index is 11.5. The van der Waals surface area contributed by atoms with Crippen LogP contribution in [0.1, 0.15) is 10.4 Å². The molecule has 0 unspecified atom stereocenters. The van der Waals surface area contributed by atoms with E-state index < -0.39 is 10.8 Å². The number of primary amides is 1. The molecule has 7 nitrogen and oxygen atoms in total. The highest BCUT2D eigenvalue weighted by molar-refractivity contribution is 9.10. The number of rotatable bonds is 3. The molecule has 8 heteroatoms. The third-order valence-corrected chi connectivity index (χ3v) is 3.75. The summed E-state index contributed by atoms with van der Waals surface area (Å²) in [6.07, 6.45) is 0. The molecule has 2 N–H and O–H groups in total. The molecule has 0 aliphatic carbocycles. The van der Waals surface area contributed by atoms with Crippen molar-refractivity contribution in [1.29, 1.82) is 0 Å². The van der Waals surface area contributed by atoms with Gasteiger partial charge in [0.15, 0.2) is 5.58 Å². The molecular weight excluding hydrogens is 354 g/mol. The van der Waals surface area contributed by atoms with E-state index in [-0.39, 0.29) is 28.2 Å². The summed E-state index contributed by atoms with van der Waals surface area (Å²) in [4.78, 5) is 26.1. The van der Waals surface area contributed by atoms with Gasteiger partial charge >= 0.3 is 0 Å². The Morgan fingerprint density at radius 2 is 2.05 bits per heavy atom. The minimum Gasteiger partial charge on any atom is -0.435 e. The van der Waals surface area contributed by atoms with Gasteiger partial charge in [0.25, 0.3) is 11.6 Å². The van der Waals surface area contributed by atoms with Crippen LogP contribution in [0.15, 0.2) is 45.3 Å². The van der Waals surface area contributed by atoms with E-state index in [1.807, 2.05) is 12.1 Å². The number of nitro benzene ring substituents is 1. The van der Waals surface area contributed by atoms with E-state index in [1.165, 1.54) is 6.07 Å². The molecule has 0 saturated heterocycles. The quantitative estimate of drug-likeness (QED) is 0.568. The number of benzene rings is 2. The van der Waals surface area contributed by atoms with Crippen LogP contribution in [0.5, 0.6) is 0 Å². The summed E-state index contributed by atoms with van der Waals surface area (Å²) in [7, 11) is 0. The molecule has 0 spiro atoms. The van der Waals surface area contributed by atoms with E-state index >= 15 is 0 Å². The van der Waals surface area contributed by atoms with E-state index in [2.05, 4.69) is 20.9 Å². The molecule has 3 aromatic rings. The zero-order valence-corrected chi connectivity index (χ0v) is 12.5. The van der Waals surface area contributed by atoms with Crippen molar-refractivity contribution in [2.45, 2.75) is 0 Å². The minimum absolute atomic E-state index is 0.0741. The lowest BCUT2D eigenvalue weighted by Crippen LogP contribution is -2.11. The smallest absolute Gasteiger partial charge is 0.272 e. The average Bonchev–Trinajstić information content (AvgIpc) is 2.89. The van der Waals surface area contributed by atoms with Crippen LogP contribution in [-0.2, 0) is 0 Å². The summed E-state index contributed by atoms with van der Waals surface area (Å²) in [6, 6.07) is 9.53. The first-order valence-corrected chi connectivity index (χ1v) is 6.90. The number of nitro groups is 1. The molecule has 1 heterocycles. The summed E-state index contributed by atoms with van der Waals surface area (Å²) in [5, 5.41) is 10.9. The number of halogens is 1. The monoisotopic (exact) mass is 361 g/mol. The van der Waals surface area contributed by atoms with Gasteiger partial charge in [-0.1, -0.05) is 12.1 Å². The van der Waals surface area contributed by atoms with Crippen LogP contribution >= 0.6 is 15.9 Å². The number of carbonyl (C=O) groups is 1. The Morgan fingerprint density at radius 3 is 2.68 bits per heavy atom. The Labute approximate surface area is 132 Å². The Kier molecular flexibility index (Phi) is 3.38. The molecule has 1 aromatic heterocycles. The third kappa shape index (κ3) is 2.33. The lowest BCUT2D eigenvalue weighted by atomic mass is 10.1. The predicted molar refractivity (Wildman–Crippen MR) is 82.3 cm³/mol. The molecule has 0 aliphatic heterocycles. The minimum atomic E-state index is -0.816. The zero-order valence-electron chi connectivity index (χ0n) is 10.9. The second-order valence-corrected chi connectivity index (χ2v) is 5.32. The Balaban J connectivity index is 2.29. The predicted octanol–water partition coefficient (Wildman–Crippen LogP) is 3.26. The number of fused-ring (bicyclic) bond motifs is 1. The molecule has 3 rings (SSSR count). The largest absolute Gasteiger partial charge is 0.435 e. The molecule has 1 amide bonds. The fraction of sp³-hybridized carbons (Fsp3) is 0. The Morgan fingerprint density at radius 1 is 1.32 bits per heavy atom. The van der Waals surface area contributed by atoms with E-state index in [0.717, 1.165) is 10.5 Å². The van der Waals surface area contributed by atoms with Crippen molar-refractivity contribution in [3.8, 4) is 11.5 Å². The SMILES string of the molecule is NC(=O)c1cc([N+](=O)[O-])cc2nc(-c3ccccc3Br)oc12. The second-order valence-electron chi connectivity index (χ2n) is 4.46. The molecule has 0 saturated carbocycles. The average molecular weight is 362 g/mol. The number of non-ortho nitro benzene ring substituents is 1. The lowest BCUT2D eigenvalue weighted by Gasteiger charge is -1.98. The number of aromatic nitrogens is 1. The first-order valence-electron chi connectivity index (χ1n) is 6.11. The fourth-order valence-electron chi connectivity index (χ4n) is 2.06. The van der Waals surface area contributed by atoms with Crippen LogP contribution in [0.3, 0.4) is 0 Å². The maximum Gasteiger partial charge on any atom is 0.272 e. The molecule has 110 valence electrons. The Hall–Kier alpha value is -2.74. The van der Waals surface area contributed by atoms with Gasteiger partial charge in [-0.15, -0.1) is 0 Å². The van der Waals surface area contributed by atoms with Crippen LogP contribution in [0.4, 0.5) is 5.69 Å². The van der Waals surface area contributed by atoms with Gasteiger partial charge in [0.2, 0.25) is 5.89 Å². The summed E-state index contributed by atoms with van der Waals surface area (Å²) < 4.78 is 6.34. The van der Waals surface area contributed by atoms with E-state index in [9.17, 15) is 14.9 Å². The van der Waals surface area contributed by atoms with E-state index in [0.29, 0.717) is 5.56 Å². The van der Waals surface area contributed by atoms with Gasteiger partial charge in [0.1, 0.15) is 5.52 Å². The van der Waals surface area contributed by atoms with Gasteiger partial charge < -0.3 is 10.2 Å². The summed E-state index contributed by atoms with van der Waals surface area (Å²) in [5.41, 5.74) is 5.92. The molecule has 0 fully saturated rings. The van der Waals surface area contributed by atoms with Crippen LogP contribution < -0.4 is 5.73 Å². The van der Waals surface area contributed by atoms with Gasteiger partial charge in [0, 0.05) is 16.6 Å². The molecule has 0 radical (unpaired) electrons. The molecular formula is C14H8BrN3O4. The Bertz CT molecular complexity index is 920. The summed E-state index contributed by atoms with van der Waals surface area (Å²) >= 11 is 3.38. The van der Waals surface area contributed by atoms with Crippen LogP contribution in [-0.4, -0.2) is 15.8 Å². The van der Waals surface area contributed by atoms with Gasteiger partial charge in [-0.2, -0.15) is 0 Å². The van der Waals surface area contributed by atoms with Gasteiger partial charge in [-0.25, -0.2) is 4.98 Å². The first-order chi connectivity index (χ1) is 10.5. The number of amides is 1. The maximum absolute atomic E-state index is 11.5. The normalized spacial score (nSPS) is 10.8. The highest BCUT2D eigenvalue weighted by Gasteiger charge is 2.21. The number of hydrogen-bond donors (Lipinski definition) is 1. The number of oxazole rings is 1. The van der Waals surface area contributed by atoms with Crippen molar-refractivity contribution in [3.63, 3.8) is 0 Å². The fourth-order valence-corrected chi connectivity index (χ4v) is 2.51. The van der Waals surface area contributed by atoms with Crippen molar-refractivity contribution in [3.05, 3.63) is 56.5 Å². The van der Waals surface area contributed by atoms with Crippen molar-refractivity contribution in [2.24, 2.45) is 5.73 Å². The number of carbonyl (C=O) groups excluding carboxylic acids is 1. The first kappa shape index (κ1) is 14.2. The number of nitrogens with two attached hydrogens (primary N) is 1. The highest BCUT2D eigenvalue weighted by atomic mass is 79.9. The summed E-state index contributed by atoms with van der Waals surface area (Å²) in [6.45, 7) is 0. The van der Waals surface area contributed by atoms with Gasteiger partial charge in [-0.3, -0.25) is 14.9 Å². The topological polar surface area (TPSA) is 112 Å². The summed E-state index contributed by atoms with van der Waals surface area (Å²) in [5.74, 6) is -0.575. The number of nitrogens with zero attached hydrogens (tertiary/aromatic N) is 2. The highest BCUT2D eigenvalue weighted by Crippen LogP contribution is 2.33. The molecule has 22 heavy (non-hydrogen) atoms. The van der Waals surface area contributed by atoms with E-state index in [1.54, 1.807) is 12.1 Å². The van der Waals surface area contributed by atoms with Gasteiger partial charge in [0.05, 0.1) is 16.1 Å². The third-order valence-electron chi connectivity index (χ3n) is 3.06. The van der Waals surface area contributed by atoms with Crippen LogP contribution in [0.25, 0.3) is 22.6 Å². The van der Waals surface area contributed by atoms with Crippen LogP contribution in [0.2, 0.25) is 0 Å². The van der Waals surface area contributed by atoms with Crippen molar-refractivity contribution >= 4 is 38.6 Å². The van der Waals surface area contributed by atoms with Crippen molar-refractivity contribution < 1.29 is 14.1 Å². The molecule has 0 aliphatic rings. The standard InChI is InChI=1S/C14H8BrN3O4/c15-10-4-2-1-3-8(10)14-17-11-6-7(18(20)21)5-9(13(16)19)12(11)22-14/h1-6H,(H2,16,19). The number of hydrogen-bond acceptors (Lipinski definition) is 5. The van der Waals surface area contributed by atoms with Crippen molar-refractivity contribution in [1.82, 2.24) is 4.98 Å². The molecule has 0 bridgehead atoms. The van der Waals surface area contributed by atoms with Crippen molar-refractivity contribution in [2.75, 3.05) is 0 Å². The van der Waals surface area contributed by atoms with Crippen LogP contribution in [0, 0.1) is 10.1 Å². The van der Waals surface area contributed by atoms with Gasteiger partial charge in [-0.05, 0) is 28.1 Å².